The van der Waals surface area contributed by atoms with E-state index in [2.05, 4.69) is 4.18 Å². The minimum atomic E-state index is -5.00. The smallest absolute Gasteiger partial charge is 0.262 e. The van der Waals surface area contributed by atoms with Crippen molar-refractivity contribution < 1.29 is 38.9 Å². The Kier molecular flexibility index (Phi) is 4.64. The molecule has 0 bridgehead atoms. The van der Waals surface area contributed by atoms with E-state index in [1.165, 1.54) is 0 Å². The zero-order valence-corrected chi connectivity index (χ0v) is 11.5. The molecule has 0 N–H and O–H groups in total. The van der Waals surface area contributed by atoms with Crippen LogP contribution in [0.3, 0.4) is 0 Å². The second kappa shape index (κ2) is 5.48. The maximum Gasteiger partial charge on any atom is 0.416 e. The molecule has 0 fully saturated rings. The Bertz CT molecular complexity index is 586. The van der Waals surface area contributed by atoms with E-state index in [0.717, 1.165) is 6.92 Å². The van der Waals surface area contributed by atoms with E-state index in [-0.39, 0.29) is 6.07 Å². The second-order valence-corrected chi connectivity index (χ2v) is 5.88. The predicted molar refractivity (Wildman–Crippen MR) is 60.8 cm³/mol. The molecule has 1 rings (SSSR count). The van der Waals surface area contributed by atoms with Crippen LogP contribution in [0.1, 0.15) is 29.7 Å². The SMILES string of the molecule is C[C@H](OS(C)(=O)=O)c1cc(C(F)(F)F)cc(C(F)(F)F)c1. The first-order chi connectivity index (χ1) is 9.20. The Balaban J connectivity index is 3.39. The Morgan fingerprint density at radius 1 is 0.952 bits per heavy atom. The lowest BCUT2D eigenvalue weighted by molar-refractivity contribution is -0.143. The van der Waals surface area contributed by atoms with Gasteiger partial charge in [0.15, 0.2) is 0 Å². The van der Waals surface area contributed by atoms with Crippen molar-refractivity contribution in [1.29, 1.82) is 0 Å². The van der Waals surface area contributed by atoms with Crippen LogP contribution in [0.15, 0.2) is 18.2 Å². The van der Waals surface area contributed by atoms with Crippen molar-refractivity contribution in [1.82, 2.24) is 0 Å². The largest absolute Gasteiger partial charge is 0.416 e. The van der Waals surface area contributed by atoms with Gasteiger partial charge in [-0.1, -0.05) is 0 Å². The number of hydrogen-bond donors (Lipinski definition) is 0. The summed E-state index contributed by atoms with van der Waals surface area (Å²) in [6, 6.07) is 0.798. The highest BCUT2D eigenvalue weighted by Gasteiger charge is 2.37. The maximum atomic E-state index is 12.6. The molecule has 1 aromatic carbocycles. The molecule has 10 heteroatoms. The van der Waals surface area contributed by atoms with E-state index in [9.17, 15) is 34.8 Å². The fraction of sp³-hybridized carbons (Fsp3) is 0.455. The highest BCUT2D eigenvalue weighted by molar-refractivity contribution is 7.86. The molecule has 3 nitrogen and oxygen atoms in total. The first-order valence-corrected chi connectivity index (χ1v) is 7.19. The van der Waals surface area contributed by atoms with Gasteiger partial charge < -0.3 is 0 Å². The number of benzene rings is 1. The van der Waals surface area contributed by atoms with Crippen LogP contribution in [0.25, 0.3) is 0 Å². The van der Waals surface area contributed by atoms with Gasteiger partial charge in [-0.05, 0) is 30.7 Å². The van der Waals surface area contributed by atoms with E-state index in [4.69, 9.17) is 0 Å². The molecular formula is C11H10F6O3S. The number of halogens is 6. The van der Waals surface area contributed by atoms with Crippen molar-refractivity contribution in [2.45, 2.75) is 25.4 Å². The molecule has 0 saturated carbocycles. The van der Waals surface area contributed by atoms with Gasteiger partial charge >= 0.3 is 12.4 Å². The van der Waals surface area contributed by atoms with Gasteiger partial charge in [-0.2, -0.15) is 34.8 Å². The van der Waals surface area contributed by atoms with E-state index >= 15 is 0 Å². The summed E-state index contributed by atoms with van der Waals surface area (Å²) in [6.45, 7) is 1.04. The minimum absolute atomic E-state index is 0.0450. The summed E-state index contributed by atoms with van der Waals surface area (Å²) < 4.78 is 102. The molecule has 0 aliphatic heterocycles. The summed E-state index contributed by atoms with van der Waals surface area (Å²) in [7, 11) is -4.03. The van der Waals surface area contributed by atoms with Crippen molar-refractivity contribution in [3.63, 3.8) is 0 Å². The summed E-state index contributed by atoms with van der Waals surface area (Å²) in [6.07, 6.45) is -10.8. The third kappa shape index (κ3) is 5.20. The van der Waals surface area contributed by atoms with Crippen LogP contribution in [0, 0.1) is 0 Å². The van der Waals surface area contributed by atoms with Crippen LogP contribution in [-0.2, 0) is 26.7 Å². The Labute approximate surface area is 116 Å². The van der Waals surface area contributed by atoms with Crippen LogP contribution in [0.5, 0.6) is 0 Å². The fourth-order valence-corrected chi connectivity index (χ4v) is 2.17. The summed E-state index contributed by atoms with van der Waals surface area (Å²) >= 11 is 0. The lowest BCUT2D eigenvalue weighted by Gasteiger charge is -2.17. The molecule has 0 aliphatic rings. The average Bonchev–Trinajstić information content (AvgIpc) is 2.23. The van der Waals surface area contributed by atoms with Gasteiger partial charge in [0, 0.05) is 0 Å². The van der Waals surface area contributed by atoms with Gasteiger partial charge in [-0.15, -0.1) is 0 Å². The molecule has 0 unspecified atom stereocenters. The third-order valence-electron chi connectivity index (χ3n) is 2.40. The molecule has 1 atom stereocenters. The summed E-state index contributed by atoms with van der Waals surface area (Å²) in [5.41, 5.74) is -3.60. The quantitative estimate of drug-likeness (QED) is 0.623. The first kappa shape index (κ1) is 17.8. The monoisotopic (exact) mass is 336 g/mol. The van der Waals surface area contributed by atoms with E-state index < -0.39 is 45.3 Å². The summed E-state index contributed by atoms with van der Waals surface area (Å²) in [4.78, 5) is 0. The van der Waals surface area contributed by atoms with Crippen molar-refractivity contribution in [3.8, 4) is 0 Å². The van der Waals surface area contributed by atoms with Crippen molar-refractivity contribution >= 4 is 10.1 Å². The molecule has 120 valence electrons. The summed E-state index contributed by atoms with van der Waals surface area (Å²) in [5, 5.41) is 0. The van der Waals surface area contributed by atoms with Gasteiger partial charge in [0.1, 0.15) is 0 Å². The molecular weight excluding hydrogens is 326 g/mol. The molecule has 0 saturated heterocycles. The van der Waals surface area contributed by atoms with Gasteiger partial charge in [0.05, 0.1) is 23.5 Å². The highest BCUT2D eigenvalue weighted by Crippen LogP contribution is 2.38. The van der Waals surface area contributed by atoms with Crippen molar-refractivity contribution in [3.05, 3.63) is 34.9 Å². The normalized spacial score (nSPS) is 15.0. The van der Waals surface area contributed by atoms with Crippen LogP contribution in [-0.4, -0.2) is 14.7 Å². The number of hydrogen-bond acceptors (Lipinski definition) is 3. The van der Waals surface area contributed by atoms with E-state index in [1.807, 2.05) is 0 Å². The van der Waals surface area contributed by atoms with Gasteiger partial charge in [0.25, 0.3) is 10.1 Å². The summed E-state index contributed by atoms with van der Waals surface area (Å²) in [5.74, 6) is 0. The fourth-order valence-electron chi connectivity index (χ4n) is 1.53. The van der Waals surface area contributed by atoms with Crippen molar-refractivity contribution in [2.24, 2.45) is 0 Å². The van der Waals surface area contributed by atoms with E-state index in [0.29, 0.717) is 18.4 Å². The number of alkyl halides is 6. The Morgan fingerprint density at radius 2 is 1.33 bits per heavy atom. The van der Waals surface area contributed by atoms with Crippen LogP contribution < -0.4 is 0 Å². The number of rotatable bonds is 3. The molecule has 0 amide bonds. The Hall–Kier alpha value is -1.29. The minimum Gasteiger partial charge on any atom is -0.262 e. The Morgan fingerprint density at radius 3 is 1.62 bits per heavy atom. The molecule has 0 aliphatic carbocycles. The molecule has 1 aromatic rings. The van der Waals surface area contributed by atoms with Gasteiger partial charge in [-0.3, -0.25) is 4.18 Å². The second-order valence-electron chi connectivity index (χ2n) is 4.28. The standard InChI is InChI=1S/C11H10F6O3S/c1-6(20-21(2,18)19)7-3-8(10(12,13)14)5-9(4-7)11(15,16)17/h3-6H,1-2H3/t6-/m0/s1. The molecule has 21 heavy (non-hydrogen) atoms. The molecule has 0 radical (unpaired) electrons. The average molecular weight is 336 g/mol. The lowest BCUT2D eigenvalue weighted by Crippen LogP contribution is -2.14. The lowest BCUT2D eigenvalue weighted by atomic mass is 10.0. The predicted octanol–water partition coefficient (Wildman–Crippen LogP) is 3.76. The van der Waals surface area contributed by atoms with Crippen molar-refractivity contribution in [2.75, 3.05) is 6.26 Å². The topological polar surface area (TPSA) is 43.4 Å². The maximum absolute atomic E-state index is 12.6. The van der Waals surface area contributed by atoms with Crippen LogP contribution in [0.2, 0.25) is 0 Å². The van der Waals surface area contributed by atoms with Gasteiger partial charge in [0.2, 0.25) is 0 Å². The first-order valence-electron chi connectivity index (χ1n) is 5.38. The third-order valence-corrected chi connectivity index (χ3v) is 3.04. The molecule has 0 heterocycles. The van der Waals surface area contributed by atoms with Crippen LogP contribution >= 0.6 is 0 Å². The molecule has 0 spiro atoms. The zero-order valence-electron chi connectivity index (χ0n) is 10.7. The molecule has 0 aromatic heterocycles. The van der Waals surface area contributed by atoms with Gasteiger partial charge in [-0.25, -0.2) is 0 Å². The highest BCUT2D eigenvalue weighted by atomic mass is 32.2. The zero-order chi connectivity index (χ0) is 16.6. The van der Waals surface area contributed by atoms with E-state index in [1.54, 1.807) is 0 Å². The van der Waals surface area contributed by atoms with Crippen LogP contribution in [0.4, 0.5) is 26.3 Å².